The minimum Gasteiger partial charge on any atom is -0.350 e. The summed E-state index contributed by atoms with van der Waals surface area (Å²) in [6.07, 6.45) is 2.76. The topological polar surface area (TPSA) is 92.9 Å². The predicted octanol–water partition coefficient (Wildman–Crippen LogP) is 2.00. The molecule has 0 aliphatic carbocycles. The van der Waals surface area contributed by atoms with Crippen molar-refractivity contribution in [3.63, 3.8) is 0 Å². The van der Waals surface area contributed by atoms with Crippen LogP contribution in [0.15, 0.2) is 30.6 Å². The molecule has 104 valence electrons. The maximum Gasteiger partial charge on any atom is 0.268 e. The summed E-state index contributed by atoms with van der Waals surface area (Å²) in [6, 6.07) is 5.32. The molecule has 4 N–H and O–H groups in total. The van der Waals surface area contributed by atoms with Crippen molar-refractivity contribution >= 4 is 35.1 Å². The van der Waals surface area contributed by atoms with Crippen molar-refractivity contribution in [1.29, 1.82) is 0 Å². The van der Waals surface area contributed by atoms with Gasteiger partial charge in [0.15, 0.2) is 0 Å². The first-order chi connectivity index (χ1) is 9.60. The number of nitrogens with zero attached hydrogens (tertiary/aromatic N) is 2. The van der Waals surface area contributed by atoms with Crippen LogP contribution in [0.5, 0.6) is 0 Å². The van der Waals surface area contributed by atoms with Crippen molar-refractivity contribution in [2.45, 2.75) is 6.54 Å². The highest BCUT2D eigenvalue weighted by molar-refractivity contribution is 6.42. The van der Waals surface area contributed by atoms with Crippen LogP contribution in [0.25, 0.3) is 0 Å². The summed E-state index contributed by atoms with van der Waals surface area (Å²) in [7, 11) is 0. The summed E-state index contributed by atoms with van der Waals surface area (Å²) in [6.45, 7) is 0.485. The lowest BCUT2D eigenvalue weighted by molar-refractivity contribution is 0.0953. The smallest absolute Gasteiger partial charge is 0.268 e. The first-order valence-corrected chi connectivity index (χ1v) is 6.36. The molecule has 20 heavy (non-hydrogen) atoms. The Bertz CT molecular complexity index is 618. The van der Waals surface area contributed by atoms with Crippen molar-refractivity contribution in [1.82, 2.24) is 15.4 Å². The molecule has 0 unspecified atom stereocenters. The molecule has 6 nitrogen and oxygen atoms in total. The van der Waals surface area contributed by atoms with Crippen LogP contribution < -0.4 is 16.6 Å². The highest BCUT2D eigenvalue weighted by Gasteiger charge is 2.05. The molecule has 1 aromatic heterocycles. The summed E-state index contributed by atoms with van der Waals surface area (Å²) in [4.78, 5) is 19.2. The Morgan fingerprint density at radius 2 is 1.90 bits per heavy atom. The fraction of sp³-hybridized carbons (Fsp3) is 0.0833. The SMILES string of the molecule is NNC(=O)c1cnc(NCc2ccc(Cl)c(Cl)c2)nc1. The first kappa shape index (κ1) is 14.5. The molecule has 2 rings (SSSR count). The van der Waals surface area contributed by atoms with Gasteiger partial charge in [0.2, 0.25) is 5.95 Å². The number of hydrazine groups is 1. The molecule has 0 spiro atoms. The van der Waals surface area contributed by atoms with Gasteiger partial charge in [-0.25, -0.2) is 15.8 Å². The van der Waals surface area contributed by atoms with Crippen LogP contribution in [0.4, 0.5) is 5.95 Å². The van der Waals surface area contributed by atoms with Crippen LogP contribution in [0.3, 0.4) is 0 Å². The van der Waals surface area contributed by atoms with E-state index in [1.54, 1.807) is 12.1 Å². The van der Waals surface area contributed by atoms with Gasteiger partial charge in [0.05, 0.1) is 15.6 Å². The van der Waals surface area contributed by atoms with Gasteiger partial charge in [-0.2, -0.15) is 0 Å². The number of nitrogens with one attached hydrogen (secondary N) is 2. The highest BCUT2D eigenvalue weighted by atomic mass is 35.5. The summed E-state index contributed by atoms with van der Waals surface area (Å²) in [5, 5.41) is 4.00. The zero-order chi connectivity index (χ0) is 14.5. The molecule has 0 atom stereocenters. The Labute approximate surface area is 125 Å². The van der Waals surface area contributed by atoms with E-state index in [1.807, 2.05) is 11.5 Å². The lowest BCUT2D eigenvalue weighted by atomic mass is 10.2. The molecule has 2 aromatic rings. The molecule has 0 bridgehead atoms. The number of hydrogen-bond acceptors (Lipinski definition) is 5. The van der Waals surface area contributed by atoms with E-state index in [2.05, 4.69) is 15.3 Å². The average molecular weight is 312 g/mol. The molecule has 8 heteroatoms. The number of carbonyl (C=O) groups excluding carboxylic acids is 1. The third-order valence-electron chi connectivity index (χ3n) is 2.48. The lowest BCUT2D eigenvalue weighted by Gasteiger charge is -2.06. The highest BCUT2D eigenvalue weighted by Crippen LogP contribution is 2.22. The molecular formula is C12H11Cl2N5O. The third kappa shape index (κ3) is 3.57. The molecule has 1 aromatic carbocycles. The molecule has 1 heterocycles. The van der Waals surface area contributed by atoms with Crippen LogP contribution in [0.2, 0.25) is 10.0 Å². The Balaban J connectivity index is 2.00. The zero-order valence-electron chi connectivity index (χ0n) is 10.2. The summed E-state index contributed by atoms with van der Waals surface area (Å²) < 4.78 is 0. The number of amides is 1. The van der Waals surface area contributed by atoms with E-state index in [-0.39, 0.29) is 5.56 Å². The molecular weight excluding hydrogens is 301 g/mol. The standard InChI is InChI=1S/C12H11Cl2N5O/c13-9-2-1-7(3-10(9)14)4-16-12-17-5-8(6-18-12)11(20)19-15/h1-3,5-6H,4,15H2,(H,19,20)(H,16,17,18). The maximum atomic E-state index is 11.2. The molecule has 0 aliphatic heterocycles. The monoisotopic (exact) mass is 311 g/mol. The van der Waals surface area contributed by atoms with Crippen LogP contribution in [0, 0.1) is 0 Å². The quantitative estimate of drug-likeness (QED) is 0.456. The molecule has 0 fully saturated rings. The van der Waals surface area contributed by atoms with Gasteiger partial charge in [-0.3, -0.25) is 10.2 Å². The zero-order valence-corrected chi connectivity index (χ0v) is 11.7. The Morgan fingerprint density at radius 1 is 1.20 bits per heavy atom. The first-order valence-electron chi connectivity index (χ1n) is 5.61. The van der Waals surface area contributed by atoms with Crippen LogP contribution in [0.1, 0.15) is 15.9 Å². The van der Waals surface area contributed by atoms with Gasteiger partial charge in [-0.15, -0.1) is 0 Å². The van der Waals surface area contributed by atoms with Gasteiger partial charge in [0.1, 0.15) is 0 Å². The second kappa shape index (κ2) is 6.51. The normalized spacial score (nSPS) is 10.2. The number of nitrogen functional groups attached to an aromatic ring is 1. The largest absolute Gasteiger partial charge is 0.350 e. The summed E-state index contributed by atoms with van der Waals surface area (Å²) in [5.41, 5.74) is 3.23. The predicted molar refractivity (Wildman–Crippen MR) is 77.5 cm³/mol. The summed E-state index contributed by atoms with van der Waals surface area (Å²) in [5.74, 6) is 4.96. The Hall–Kier alpha value is -1.89. The second-order valence-corrected chi connectivity index (χ2v) is 4.69. The number of benzene rings is 1. The van der Waals surface area contributed by atoms with Crippen molar-refractivity contribution in [2.75, 3.05) is 5.32 Å². The van der Waals surface area contributed by atoms with Crippen molar-refractivity contribution < 1.29 is 4.79 Å². The van der Waals surface area contributed by atoms with Gasteiger partial charge >= 0.3 is 0 Å². The molecule has 0 saturated carbocycles. The van der Waals surface area contributed by atoms with Gasteiger partial charge < -0.3 is 5.32 Å². The number of nitrogens with two attached hydrogens (primary N) is 1. The van der Waals surface area contributed by atoms with E-state index < -0.39 is 5.91 Å². The van der Waals surface area contributed by atoms with E-state index >= 15 is 0 Å². The summed E-state index contributed by atoms with van der Waals surface area (Å²) >= 11 is 11.8. The fourth-order valence-corrected chi connectivity index (χ4v) is 1.77. The van der Waals surface area contributed by atoms with Gasteiger partial charge in [-0.05, 0) is 17.7 Å². The minimum absolute atomic E-state index is 0.285. The average Bonchev–Trinajstić information content (AvgIpc) is 2.48. The van der Waals surface area contributed by atoms with Gasteiger partial charge in [-0.1, -0.05) is 29.3 Å². The Kier molecular flexibility index (Phi) is 4.73. The maximum absolute atomic E-state index is 11.2. The molecule has 1 amide bonds. The van der Waals surface area contributed by atoms with Crippen molar-refractivity contribution in [3.8, 4) is 0 Å². The van der Waals surface area contributed by atoms with Crippen LogP contribution in [-0.4, -0.2) is 15.9 Å². The van der Waals surface area contributed by atoms with E-state index in [9.17, 15) is 4.79 Å². The molecule has 0 radical (unpaired) electrons. The fourth-order valence-electron chi connectivity index (χ4n) is 1.45. The van der Waals surface area contributed by atoms with Gasteiger partial charge in [0, 0.05) is 18.9 Å². The number of hydrogen-bond donors (Lipinski definition) is 3. The van der Waals surface area contributed by atoms with Crippen molar-refractivity contribution in [2.24, 2.45) is 5.84 Å². The lowest BCUT2D eigenvalue weighted by Crippen LogP contribution is -2.30. The Morgan fingerprint density at radius 3 is 2.50 bits per heavy atom. The van der Waals surface area contributed by atoms with E-state index in [0.29, 0.717) is 22.5 Å². The van der Waals surface area contributed by atoms with E-state index in [4.69, 9.17) is 29.0 Å². The van der Waals surface area contributed by atoms with E-state index in [1.165, 1.54) is 12.4 Å². The number of anilines is 1. The van der Waals surface area contributed by atoms with Crippen LogP contribution in [-0.2, 0) is 6.54 Å². The molecule has 0 aliphatic rings. The van der Waals surface area contributed by atoms with E-state index in [0.717, 1.165) is 5.56 Å². The number of halogens is 2. The number of carbonyl (C=O) groups is 1. The number of aromatic nitrogens is 2. The van der Waals surface area contributed by atoms with Crippen LogP contribution >= 0.6 is 23.2 Å². The molecule has 0 saturated heterocycles. The minimum atomic E-state index is -0.443. The third-order valence-corrected chi connectivity index (χ3v) is 3.22. The van der Waals surface area contributed by atoms with Gasteiger partial charge in [0.25, 0.3) is 5.91 Å². The number of rotatable bonds is 4. The van der Waals surface area contributed by atoms with Crippen molar-refractivity contribution in [3.05, 3.63) is 51.8 Å². The second-order valence-electron chi connectivity index (χ2n) is 3.87.